The fourth-order valence-corrected chi connectivity index (χ4v) is 4.39. The summed E-state index contributed by atoms with van der Waals surface area (Å²) in [5.41, 5.74) is 1.16. The summed E-state index contributed by atoms with van der Waals surface area (Å²) in [5, 5.41) is 10.8. The Labute approximate surface area is 158 Å². The van der Waals surface area contributed by atoms with Gasteiger partial charge in [0.15, 0.2) is 0 Å². The maximum Gasteiger partial charge on any atom is 0.270 e. The molecular weight excluding hydrogens is 366 g/mol. The summed E-state index contributed by atoms with van der Waals surface area (Å²) >= 11 is 0. The third-order valence-corrected chi connectivity index (χ3v) is 6.05. The molecule has 1 saturated carbocycles. The van der Waals surface area contributed by atoms with Gasteiger partial charge in [-0.1, -0.05) is 31.4 Å². The average molecular weight is 387 g/mol. The molecule has 0 heterocycles. The van der Waals surface area contributed by atoms with Gasteiger partial charge >= 0.3 is 0 Å². The highest BCUT2D eigenvalue weighted by Crippen LogP contribution is 2.21. The molecule has 3 rings (SSSR count). The van der Waals surface area contributed by atoms with E-state index < -0.39 is 14.9 Å². The molecule has 142 valence electrons. The number of hydrogen-bond acceptors (Lipinski definition) is 5. The molecule has 0 atom stereocenters. The third kappa shape index (κ3) is 5.21. The number of sulfonamides is 1. The Hall–Kier alpha value is -2.58. The van der Waals surface area contributed by atoms with Crippen LogP contribution in [0.25, 0.3) is 0 Å². The highest BCUT2D eigenvalue weighted by atomic mass is 32.2. The number of aliphatic imine (C=N–C) groups is 1. The minimum atomic E-state index is -3.54. The van der Waals surface area contributed by atoms with Gasteiger partial charge in [-0.25, -0.2) is 13.1 Å². The Morgan fingerprint density at radius 1 is 1.07 bits per heavy atom. The molecule has 0 spiro atoms. The summed E-state index contributed by atoms with van der Waals surface area (Å²) in [5.74, 6) is 0. The second kappa shape index (κ2) is 8.41. The molecular formula is C19H21N3O4S. The van der Waals surface area contributed by atoms with Crippen LogP contribution in [0.4, 0.5) is 11.4 Å². The van der Waals surface area contributed by atoms with Crippen molar-refractivity contribution in [2.75, 3.05) is 0 Å². The van der Waals surface area contributed by atoms with Crippen LogP contribution in [-0.2, 0) is 10.0 Å². The molecule has 0 aromatic heterocycles. The number of nitro benzene ring substituents is 1. The van der Waals surface area contributed by atoms with E-state index in [1.165, 1.54) is 30.5 Å². The van der Waals surface area contributed by atoms with Gasteiger partial charge in [0, 0.05) is 24.4 Å². The SMILES string of the molecule is O=[N+]([O-])c1cccc(C=Nc2ccc(S(=O)(=O)NC3CCCCC3)cc2)c1. The monoisotopic (exact) mass is 387 g/mol. The van der Waals surface area contributed by atoms with Gasteiger partial charge in [-0.15, -0.1) is 0 Å². The zero-order valence-electron chi connectivity index (χ0n) is 14.7. The lowest BCUT2D eigenvalue weighted by atomic mass is 9.96. The van der Waals surface area contributed by atoms with Crippen LogP contribution >= 0.6 is 0 Å². The molecule has 0 unspecified atom stereocenters. The first-order chi connectivity index (χ1) is 12.9. The molecule has 0 aliphatic heterocycles. The predicted molar refractivity (Wildman–Crippen MR) is 104 cm³/mol. The van der Waals surface area contributed by atoms with Gasteiger partial charge in [-0.3, -0.25) is 15.1 Å². The topological polar surface area (TPSA) is 102 Å². The van der Waals surface area contributed by atoms with Gasteiger partial charge in [-0.2, -0.15) is 0 Å². The van der Waals surface area contributed by atoms with Crippen molar-refractivity contribution in [2.45, 2.75) is 43.0 Å². The van der Waals surface area contributed by atoms with E-state index in [-0.39, 0.29) is 16.6 Å². The number of hydrogen-bond donors (Lipinski definition) is 1. The van der Waals surface area contributed by atoms with Gasteiger partial charge in [0.1, 0.15) is 0 Å². The van der Waals surface area contributed by atoms with E-state index in [2.05, 4.69) is 9.71 Å². The van der Waals surface area contributed by atoms with Crippen molar-refractivity contribution in [3.05, 3.63) is 64.2 Å². The molecule has 0 bridgehead atoms. The summed E-state index contributed by atoms with van der Waals surface area (Å²) in [6, 6.07) is 12.4. The molecule has 1 fully saturated rings. The molecule has 2 aromatic carbocycles. The maximum atomic E-state index is 12.5. The molecule has 1 N–H and O–H groups in total. The zero-order valence-corrected chi connectivity index (χ0v) is 15.6. The standard InChI is InChI=1S/C19H21N3O4S/c23-22(24)18-8-4-5-15(13-18)14-20-16-9-11-19(12-10-16)27(25,26)21-17-6-2-1-3-7-17/h4-5,8-14,17,21H,1-3,6-7H2. The highest BCUT2D eigenvalue weighted by molar-refractivity contribution is 7.89. The fraction of sp³-hybridized carbons (Fsp3) is 0.316. The van der Waals surface area contributed by atoms with Gasteiger partial charge in [0.25, 0.3) is 5.69 Å². The van der Waals surface area contributed by atoms with Gasteiger partial charge in [-0.05, 0) is 42.7 Å². The molecule has 1 aliphatic carbocycles. The largest absolute Gasteiger partial charge is 0.270 e. The zero-order chi connectivity index (χ0) is 19.3. The van der Waals surface area contributed by atoms with Gasteiger partial charge in [0.05, 0.1) is 15.5 Å². The highest BCUT2D eigenvalue weighted by Gasteiger charge is 2.21. The van der Waals surface area contributed by atoms with Crippen LogP contribution in [0.5, 0.6) is 0 Å². The van der Waals surface area contributed by atoms with Gasteiger partial charge in [0.2, 0.25) is 10.0 Å². The Bertz CT molecular complexity index is 934. The van der Waals surface area contributed by atoms with Crippen LogP contribution in [-0.4, -0.2) is 25.6 Å². The second-order valence-corrected chi connectivity index (χ2v) is 8.27. The Morgan fingerprint density at radius 3 is 2.44 bits per heavy atom. The third-order valence-electron chi connectivity index (χ3n) is 4.52. The summed E-state index contributed by atoms with van der Waals surface area (Å²) in [4.78, 5) is 14.8. The molecule has 0 amide bonds. The van der Waals surface area contributed by atoms with Crippen LogP contribution in [0.15, 0.2) is 58.4 Å². The quantitative estimate of drug-likeness (QED) is 0.460. The van der Waals surface area contributed by atoms with Crippen LogP contribution in [0.1, 0.15) is 37.7 Å². The number of nitrogens with one attached hydrogen (secondary N) is 1. The molecule has 1 aliphatic rings. The Kier molecular flexibility index (Phi) is 5.98. The normalized spacial score (nSPS) is 15.9. The van der Waals surface area contributed by atoms with Crippen LogP contribution in [0.2, 0.25) is 0 Å². The van der Waals surface area contributed by atoms with Crippen molar-refractivity contribution in [1.82, 2.24) is 4.72 Å². The van der Waals surface area contributed by atoms with E-state index in [4.69, 9.17) is 0 Å². The fourth-order valence-electron chi connectivity index (χ4n) is 3.09. The molecule has 7 nitrogen and oxygen atoms in total. The lowest BCUT2D eigenvalue weighted by Gasteiger charge is -2.22. The first kappa shape index (κ1) is 19.2. The summed E-state index contributed by atoms with van der Waals surface area (Å²) < 4.78 is 27.7. The average Bonchev–Trinajstić information content (AvgIpc) is 2.67. The number of nitrogens with zero attached hydrogens (tertiary/aromatic N) is 2. The molecule has 27 heavy (non-hydrogen) atoms. The van der Waals surface area contributed by atoms with Crippen molar-refractivity contribution < 1.29 is 13.3 Å². The summed E-state index contributed by atoms with van der Waals surface area (Å²) in [7, 11) is -3.54. The van der Waals surface area contributed by atoms with Crippen LogP contribution in [0.3, 0.4) is 0 Å². The Morgan fingerprint density at radius 2 is 1.78 bits per heavy atom. The molecule has 8 heteroatoms. The van der Waals surface area contributed by atoms with Crippen LogP contribution in [0, 0.1) is 10.1 Å². The number of rotatable bonds is 6. The molecule has 2 aromatic rings. The lowest BCUT2D eigenvalue weighted by molar-refractivity contribution is -0.384. The van der Waals surface area contributed by atoms with E-state index in [9.17, 15) is 18.5 Å². The van der Waals surface area contributed by atoms with Crippen molar-refractivity contribution in [3.63, 3.8) is 0 Å². The number of nitro groups is 1. The minimum absolute atomic E-state index is 0.00539. The minimum Gasteiger partial charge on any atom is -0.258 e. The number of benzene rings is 2. The van der Waals surface area contributed by atoms with Crippen molar-refractivity contribution in [1.29, 1.82) is 0 Å². The summed E-state index contributed by atoms with van der Waals surface area (Å²) in [6.07, 6.45) is 6.54. The van der Waals surface area contributed by atoms with Crippen LogP contribution < -0.4 is 4.72 Å². The van der Waals surface area contributed by atoms with E-state index in [0.717, 1.165) is 32.1 Å². The summed E-state index contributed by atoms with van der Waals surface area (Å²) in [6.45, 7) is 0. The van der Waals surface area contributed by atoms with E-state index in [1.807, 2.05) is 0 Å². The first-order valence-corrected chi connectivity index (χ1v) is 10.3. The molecule has 0 radical (unpaired) electrons. The smallest absolute Gasteiger partial charge is 0.258 e. The predicted octanol–water partition coefficient (Wildman–Crippen LogP) is 3.96. The van der Waals surface area contributed by atoms with E-state index in [1.54, 1.807) is 24.3 Å². The maximum absolute atomic E-state index is 12.5. The van der Waals surface area contributed by atoms with Gasteiger partial charge < -0.3 is 0 Å². The van der Waals surface area contributed by atoms with Crippen molar-refractivity contribution in [3.8, 4) is 0 Å². The Balaban J connectivity index is 1.69. The molecule has 0 saturated heterocycles. The van der Waals surface area contributed by atoms with E-state index >= 15 is 0 Å². The first-order valence-electron chi connectivity index (χ1n) is 8.85. The van der Waals surface area contributed by atoms with E-state index in [0.29, 0.717) is 11.3 Å². The second-order valence-electron chi connectivity index (χ2n) is 6.56. The lowest BCUT2D eigenvalue weighted by Crippen LogP contribution is -2.36. The van der Waals surface area contributed by atoms with Crippen molar-refractivity contribution >= 4 is 27.6 Å². The van der Waals surface area contributed by atoms with Crippen molar-refractivity contribution in [2.24, 2.45) is 4.99 Å². The number of non-ortho nitro benzene ring substituents is 1.